The Labute approximate surface area is 242 Å². The minimum absolute atomic E-state index is 0.00582. The lowest BCUT2D eigenvalue weighted by molar-refractivity contribution is -0.137. The molecule has 0 bridgehead atoms. The molecule has 0 aliphatic heterocycles. The second-order valence-electron chi connectivity index (χ2n) is 8.81. The Kier molecular flexibility index (Phi) is 9.09. The molecule has 0 radical (unpaired) electrons. The lowest BCUT2D eigenvalue weighted by Gasteiger charge is -2.23. The van der Waals surface area contributed by atoms with Gasteiger partial charge in [-0.05, 0) is 51.8 Å². The Bertz CT molecular complexity index is 1580. The quantitative estimate of drug-likeness (QED) is 0.185. The maximum Gasteiger partial charge on any atom is 0.416 e. The van der Waals surface area contributed by atoms with Crippen molar-refractivity contribution >= 4 is 27.9 Å². The number of nitrogens with two attached hydrogens (primary N) is 1. The summed E-state index contributed by atoms with van der Waals surface area (Å²) >= 11 is 3.16. The van der Waals surface area contributed by atoms with Crippen LogP contribution in [0.25, 0.3) is 11.3 Å². The standard InChI is InChI=1S/C27H20BrF5N4O5/c28-23-22(15-3-5-16(6-4-15)27(31,32)33)36-25(42-23)19(41-18-8-7-17(29)20(21(18)30)24(34)38)9-11-37(26(39)40)13-14-2-1-10-35-12-14/h1-8,10,12,19H,9,11,13H2,(H2,34,38)(H,39,40). The zero-order valence-electron chi connectivity index (χ0n) is 21.2. The maximum absolute atomic E-state index is 15.0. The SMILES string of the molecule is NC(=O)c1c(F)ccc(OC(CCN(Cc2cccnc2)C(=O)O)c2nc(-c3ccc(C(F)(F)F)cc3)c(Br)o2)c1F. The molecule has 0 fully saturated rings. The molecule has 1 atom stereocenters. The van der Waals surface area contributed by atoms with E-state index in [1.165, 1.54) is 24.5 Å². The van der Waals surface area contributed by atoms with E-state index >= 15 is 4.39 Å². The van der Waals surface area contributed by atoms with Crippen molar-refractivity contribution in [2.75, 3.05) is 6.54 Å². The van der Waals surface area contributed by atoms with Crippen LogP contribution in [0.1, 0.15) is 39.9 Å². The van der Waals surface area contributed by atoms with Gasteiger partial charge in [0.15, 0.2) is 22.3 Å². The summed E-state index contributed by atoms with van der Waals surface area (Å²) in [6.07, 6.45) is -4.36. The van der Waals surface area contributed by atoms with E-state index in [0.29, 0.717) is 5.56 Å². The van der Waals surface area contributed by atoms with Crippen LogP contribution >= 0.6 is 15.9 Å². The molecule has 42 heavy (non-hydrogen) atoms. The predicted molar refractivity (Wildman–Crippen MR) is 140 cm³/mol. The van der Waals surface area contributed by atoms with Crippen LogP contribution in [0.2, 0.25) is 0 Å². The van der Waals surface area contributed by atoms with E-state index in [4.69, 9.17) is 14.9 Å². The van der Waals surface area contributed by atoms with Crippen molar-refractivity contribution in [2.24, 2.45) is 5.73 Å². The van der Waals surface area contributed by atoms with E-state index in [9.17, 15) is 32.3 Å². The lowest BCUT2D eigenvalue weighted by Crippen LogP contribution is -2.31. The number of hydrogen-bond donors (Lipinski definition) is 2. The molecular formula is C27H20BrF5N4O5. The third kappa shape index (κ3) is 7.02. The first-order valence-electron chi connectivity index (χ1n) is 12.0. The average molecular weight is 655 g/mol. The van der Waals surface area contributed by atoms with Crippen LogP contribution in [0.15, 0.2) is 70.0 Å². The molecule has 1 unspecified atom stereocenters. The van der Waals surface area contributed by atoms with Gasteiger partial charge in [0.05, 0.1) is 12.1 Å². The predicted octanol–water partition coefficient (Wildman–Crippen LogP) is 6.59. The molecule has 0 aliphatic carbocycles. The highest BCUT2D eigenvalue weighted by atomic mass is 79.9. The Hall–Kier alpha value is -4.53. The summed E-state index contributed by atoms with van der Waals surface area (Å²) in [6, 6.07) is 9.01. The van der Waals surface area contributed by atoms with E-state index in [2.05, 4.69) is 25.9 Å². The van der Waals surface area contributed by atoms with Crippen LogP contribution in [0.3, 0.4) is 0 Å². The van der Waals surface area contributed by atoms with Crippen molar-refractivity contribution in [3.8, 4) is 17.0 Å². The molecule has 3 N–H and O–H groups in total. The van der Waals surface area contributed by atoms with E-state index < -0.39 is 52.8 Å². The first-order chi connectivity index (χ1) is 19.8. The van der Waals surface area contributed by atoms with Gasteiger partial charge in [-0.1, -0.05) is 18.2 Å². The third-order valence-corrected chi connectivity index (χ3v) is 6.50. The van der Waals surface area contributed by atoms with Crippen LogP contribution in [-0.4, -0.2) is 38.5 Å². The van der Waals surface area contributed by atoms with Crippen molar-refractivity contribution in [1.82, 2.24) is 14.9 Å². The van der Waals surface area contributed by atoms with Crippen LogP contribution in [0.4, 0.5) is 26.7 Å². The van der Waals surface area contributed by atoms with Crippen molar-refractivity contribution in [3.63, 3.8) is 0 Å². The Morgan fingerprint density at radius 2 is 1.83 bits per heavy atom. The van der Waals surface area contributed by atoms with E-state index in [1.54, 1.807) is 12.1 Å². The summed E-state index contributed by atoms with van der Waals surface area (Å²) in [5.74, 6) is -4.82. The fourth-order valence-corrected chi connectivity index (χ4v) is 4.40. The average Bonchev–Trinajstić information content (AvgIpc) is 3.32. The molecule has 2 aromatic heterocycles. The molecule has 9 nitrogen and oxygen atoms in total. The molecule has 0 aliphatic rings. The molecule has 0 spiro atoms. The normalized spacial score (nSPS) is 12.1. The van der Waals surface area contributed by atoms with Gasteiger partial charge in [-0.2, -0.15) is 13.2 Å². The van der Waals surface area contributed by atoms with Crippen molar-refractivity contribution in [2.45, 2.75) is 25.2 Å². The van der Waals surface area contributed by atoms with Crippen LogP contribution in [-0.2, 0) is 12.7 Å². The van der Waals surface area contributed by atoms with Gasteiger partial charge in [0.2, 0.25) is 5.89 Å². The molecular weight excluding hydrogens is 635 g/mol. The smallest absolute Gasteiger partial charge is 0.416 e. The zero-order valence-corrected chi connectivity index (χ0v) is 22.8. The van der Waals surface area contributed by atoms with Gasteiger partial charge in [-0.3, -0.25) is 9.78 Å². The van der Waals surface area contributed by atoms with Crippen molar-refractivity contribution < 1.29 is 45.8 Å². The number of ether oxygens (including phenoxy) is 1. The molecule has 2 heterocycles. The summed E-state index contributed by atoms with van der Waals surface area (Å²) in [7, 11) is 0. The number of hydrogen-bond acceptors (Lipinski definition) is 6. The molecule has 4 aromatic rings. The molecule has 2 amide bonds. The highest BCUT2D eigenvalue weighted by molar-refractivity contribution is 9.10. The number of carbonyl (C=O) groups excluding carboxylic acids is 1. The van der Waals surface area contributed by atoms with E-state index in [0.717, 1.165) is 29.2 Å². The summed E-state index contributed by atoms with van der Waals surface area (Å²) in [5.41, 5.74) is 4.06. The summed E-state index contributed by atoms with van der Waals surface area (Å²) in [5, 5.41) is 9.74. The topological polar surface area (TPSA) is 132 Å². The maximum atomic E-state index is 15.0. The van der Waals surface area contributed by atoms with Gasteiger partial charge in [-0.15, -0.1) is 0 Å². The number of alkyl halides is 3. The number of rotatable bonds is 10. The van der Waals surface area contributed by atoms with Crippen molar-refractivity contribution in [3.05, 3.63) is 99.8 Å². The summed E-state index contributed by atoms with van der Waals surface area (Å²) in [4.78, 5) is 32.8. The molecule has 0 saturated carbocycles. The first kappa shape index (κ1) is 30.4. The number of primary amides is 1. The van der Waals surface area contributed by atoms with Crippen LogP contribution < -0.4 is 10.5 Å². The monoisotopic (exact) mass is 654 g/mol. The number of aromatic nitrogens is 2. The van der Waals surface area contributed by atoms with Gasteiger partial charge in [0.1, 0.15) is 17.1 Å². The lowest BCUT2D eigenvalue weighted by atomic mass is 10.1. The molecule has 4 rings (SSSR count). The van der Waals surface area contributed by atoms with Crippen molar-refractivity contribution in [1.29, 1.82) is 0 Å². The Morgan fingerprint density at radius 1 is 1.12 bits per heavy atom. The first-order valence-corrected chi connectivity index (χ1v) is 12.8. The summed E-state index contributed by atoms with van der Waals surface area (Å²) < 4.78 is 79.5. The van der Waals surface area contributed by atoms with E-state index in [1.807, 2.05) is 0 Å². The number of oxazole rings is 1. The van der Waals surface area contributed by atoms with Gasteiger partial charge in [0, 0.05) is 30.9 Å². The minimum atomic E-state index is -4.56. The van der Waals surface area contributed by atoms with Crippen LogP contribution in [0.5, 0.6) is 5.75 Å². The number of carbonyl (C=O) groups is 2. The number of pyridine rings is 1. The molecule has 15 heteroatoms. The highest BCUT2D eigenvalue weighted by Crippen LogP contribution is 2.36. The zero-order chi connectivity index (χ0) is 30.6. The second-order valence-corrected chi connectivity index (χ2v) is 9.53. The molecule has 2 aromatic carbocycles. The third-order valence-electron chi connectivity index (χ3n) is 5.96. The Morgan fingerprint density at radius 3 is 2.43 bits per heavy atom. The second kappa shape index (κ2) is 12.5. The van der Waals surface area contributed by atoms with Crippen LogP contribution in [0, 0.1) is 11.6 Å². The largest absolute Gasteiger partial charge is 0.478 e. The number of halogens is 6. The number of carboxylic acid groups (broad SMARTS) is 1. The minimum Gasteiger partial charge on any atom is -0.478 e. The fourth-order valence-electron chi connectivity index (χ4n) is 3.91. The summed E-state index contributed by atoms with van der Waals surface area (Å²) in [6.45, 7) is -0.255. The highest BCUT2D eigenvalue weighted by Gasteiger charge is 2.31. The Balaban J connectivity index is 1.68. The van der Waals surface area contributed by atoms with Gasteiger partial charge in [-0.25, -0.2) is 18.6 Å². The number of nitrogens with zero attached hydrogens (tertiary/aromatic N) is 3. The van der Waals surface area contributed by atoms with E-state index in [-0.39, 0.29) is 41.3 Å². The fraction of sp³-hybridized carbons (Fsp3) is 0.185. The molecule has 220 valence electrons. The molecule has 0 saturated heterocycles. The van der Waals surface area contributed by atoms with Gasteiger partial charge < -0.3 is 24.9 Å². The van der Waals surface area contributed by atoms with Gasteiger partial charge >= 0.3 is 12.3 Å². The number of amides is 2. The van der Waals surface area contributed by atoms with Gasteiger partial charge in [0.25, 0.3) is 5.91 Å². The number of benzene rings is 2.